The molecule has 0 unspecified atom stereocenters. The number of nitrogens with one attached hydrogen (secondary N) is 1. The Balaban J connectivity index is 1.38. The van der Waals surface area contributed by atoms with Crippen LogP contribution < -0.4 is 5.32 Å². The average Bonchev–Trinajstić information content (AvgIpc) is 3.38. The van der Waals surface area contributed by atoms with E-state index in [1.165, 1.54) is 11.1 Å². The molecule has 0 saturated carbocycles. The summed E-state index contributed by atoms with van der Waals surface area (Å²) < 4.78 is 1.91. The minimum atomic E-state index is -0.0249. The molecular weight excluding hydrogens is 414 g/mol. The van der Waals surface area contributed by atoms with Crippen molar-refractivity contribution in [2.75, 3.05) is 5.32 Å². The number of nitrogens with zero attached hydrogens (tertiary/aromatic N) is 2. The van der Waals surface area contributed by atoms with Crippen molar-refractivity contribution in [3.63, 3.8) is 0 Å². The molecule has 0 aliphatic carbocycles. The Labute approximate surface area is 192 Å². The number of benzene rings is 3. The number of aromatic nitrogens is 2. The maximum absolute atomic E-state index is 13.0. The number of thioether (sulfide) groups is 1. The number of fused-ring (bicyclic) bond motifs is 1. The molecular formula is C27H25N3OS. The van der Waals surface area contributed by atoms with Gasteiger partial charge in [-0.3, -0.25) is 4.79 Å². The minimum absolute atomic E-state index is 0.0249. The van der Waals surface area contributed by atoms with Crippen molar-refractivity contribution in [3.8, 4) is 16.8 Å². The van der Waals surface area contributed by atoms with Crippen LogP contribution in [0.4, 0.5) is 5.82 Å². The number of rotatable bonds is 5. The van der Waals surface area contributed by atoms with Gasteiger partial charge >= 0.3 is 0 Å². The van der Waals surface area contributed by atoms with Crippen LogP contribution in [0.15, 0.2) is 72.8 Å². The predicted molar refractivity (Wildman–Crippen MR) is 132 cm³/mol. The van der Waals surface area contributed by atoms with Crippen molar-refractivity contribution in [2.24, 2.45) is 0 Å². The summed E-state index contributed by atoms with van der Waals surface area (Å²) >= 11 is 1.84. The number of carbonyl (C=O) groups excluding carboxylic acids is 1. The van der Waals surface area contributed by atoms with E-state index >= 15 is 0 Å². The zero-order valence-corrected chi connectivity index (χ0v) is 19.1. The van der Waals surface area contributed by atoms with Crippen molar-refractivity contribution in [1.29, 1.82) is 0 Å². The van der Waals surface area contributed by atoms with Gasteiger partial charge < -0.3 is 5.32 Å². The van der Waals surface area contributed by atoms with Gasteiger partial charge in [0, 0.05) is 17.1 Å². The summed E-state index contributed by atoms with van der Waals surface area (Å²) in [4.78, 5) is 13.0. The van der Waals surface area contributed by atoms with Crippen molar-refractivity contribution in [1.82, 2.24) is 9.78 Å². The van der Waals surface area contributed by atoms with Crippen LogP contribution in [0.3, 0.4) is 0 Å². The molecule has 0 radical (unpaired) electrons. The number of anilines is 1. The molecule has 1 N–H and O–H groups in total. The highest BCUT2D eigenvalue weighted by molar-refractivity contribution is 7.98. The predicted octanol–water partition coefficient (Wildman–Crippen LogP) is 6.08. The summed E-state index contributed by atoms with van der Waals surface area (Å²) in [6.07, 6.45) is 0.328. The van der Waals surface area contributed by atoms with E-state index in [0.29, 0.717) is 6.42 Å². The smallest absolute Gasteiger partial charge is 0.229 e. The Morgan fingerprint density at radius 3 is 2.47 bits per heavy atom. The number of carbonyl (C=O) groups is 1. The monoisotopic (exact) mass is 439 g/mol. The highest BCUT2D eigenvalue weighted by Crippen LogP contribution is 2.36. The summed E-state index contributed by atoms with van der Waals surface area (Å²) in [7, 11) is 0. The summed E-state index contributed by atoms with van der Waals surface area (Å²) in [6.45, 7) is 4.17. The zero-order chi connectivity index (χ0) is 22.1. The first-order valence-electron chi connectivity index (χ1n) is 10.8. The molecule has 4 nitrogen and oxygen atoms in total. The van der Waals surface area contributed by atoms with Crippen LogP contribution in [0, 0.1) is 13.8 Å². The fourth-order valence-electron chi connectivity index (χ4n) is 4.17. The Morgan fingerprint density at radius 2 is 1.72 bits per heavy atom. The van der Waals surface area contributed by atoms with E-state index in [0.717, 1.165) is 51.0 Å². The SMILES string of the molecule is Cc1ccc(-n2nc3c(c2NC(=O)Cc2ccc(-c4ccccc4)cc2)CSC3)c(C)c1. The van der Waals surface area contributed by atoms with E-state index in [1.54, 1.807) is 0 Å². The molecule has 0 bridgehead atoms. The second-order valence-electron chi connectivity index (χ2n) is 8.26. The highest BCUT2D eigenvalue weighted by atomic mass is 32.2. The maximum Gasteiger partial charge on any atom is 0.229 e. The van der Waals surface area contributed by atoms with Gasteiger partial charge in [-0.05, 0) is 42.2 Å². The first-order valence-corrected chi connectivity index (χ1v) is 11.9. The first-order chi connectivity index (χ1) is 15.6. The summed E-state index contributed by atoms with van der Waals surface area (Å²) in [5, 5.41) is 8.01. The number of hydrogen-bond acceptors (Lipinski definition) is 3. The second-order valence-corrected chi connectivity index (χ2v) is 9.24. The first kappa shape index (κ1) is 20.6. The summed E-state index contributed by atoms with van der Waals surface area (Å²) in [5.41, 5.74) is 8.90. The van der Waals surface area contributed by atoms with Crippen LogP contribution in [-0.4, -0.2) is 15.7 Å². The second kappa shape index (κ2) is 8.67. The van der Waals surface area contributed by atoms with E-state index in [4.69, 9.17) is 5.10 Å². The third-order valence-corrected chi connectivity index (χ3v) is 6.79. The van der Waals surface area contributed by atoms with E-state index < -0.39 is 0 Å². The van der Waals surface area contributed by atoms with Crippen LogP contribution >= 0.6 is 11.8 Å². The molecule has 0 atom stereocenters. The Hall–Kier alpha value is -3.31. The number of hydrogen-bond donors (Lipinski definition) is 1. The van der Waals surface area contributed by atoms with E-state index in [2.05, 4.69) is 61.6 Å². The summed E-state index contributed by atoms with van der Waals surface area (Å²) in [6, 6.07) is 24.8. The van der Waals surface area contributed by atoms with E-state index in [-0.39, 0.29) is 5.91 Å². The lowest BCUT2D eigenvalue weighted by atomic mass is 10.0. The Bertz CT molecular complexity index is 1280. The van der Waals surface area contributed by atoms with Gasteiger partial charge in [-0.25, -0.2) is 4.68 Å². The van der Waals surface area contributed by atoms with E-state index in [1.807, 2.05) is 46.8 Å². The highest BCUT2D eigenvalue weighted by Gasteiger charge is 2.25. The Kier molecular flexibility index (Phi) is 5.58. The molecule has 5 heteroatoms. The van der Waals surface area contributed by atoms with Crippen LogP contribution in [-0.2, 0) is 22.7 Å². The molecule has 0 saturated heterocycles. The molecule has 160 valence electrons. The normalized spacial score (nSPS) is 12.6. The Morgan fingerprint density at radius 1 is 0.969 bits per heavy atom. The number of aryl methyl sites for hydroxylation is 2. The van der Waals surface area contributed by atoms with Gasteiger partial charge in [-0.2, -0.15) is 16.9 Å². The van der Waals surface area contributed by atoms with Gasteiger partial charge in [0.2, 0.25) is 5.91 Å². The van der Waals surface area contributed by atoms with Crippen molar-refractivity contribution < 1.29 is 4.79 Å². The molecule has 1 amide bonds. The molecule has 32 heavy (non-hydrogen) atoms. The van der Waals surface area contributed by atoms with Crippen LogP contribution in [0.5, 0.6) is 0 Å². The molecule has 1 aromatic heterocycles. The maximum atomic E-state index is 13.0. The molecule has 1 aliphatic heterocycles. The quantitative estimate of drug-likeness (QED) is 0.410. The standard InChI is InChI=1S/C27H25N3OS/c1-18-8-13-25(19(2)14-18)30-27(23-16-32-17-24(23)29-30)28-26(31)15-20-9-11-22(12-10-20)21-6-4-3-5-7-21/h3-14H,15-17H2,1-2H3,(H,28,31). The largest absolute Gasteiger partial charge is 0.310 e. The fraction of sp³-hybridized carbons (Fsp3) is 0.185. The zero-order valence-electron chi connectivity index (χ0n) is 18.3. The molecule has 5 rings (SSSR count). The topological polar surface area (TPSA) is 46.9 Å². The molecule has 0 fully saturated rings. The van der Waals surface area contributed by atoms with Crippen molar-refractivity contribution in [2.45, 2.75) is 31.8 Å². The lowest BCUT2D eigenvalue weighted by Crippen LogP contribution is -2.18. The average molecular weight is 440 g/mol. The molecule has 4 aromatic rings. The van der Waals surface area contributed by atoms with Crippen LogP contribution in [0.1, 0.15) is 27.9 Å². The van der Waals surface area contributed by atoms with Crippen LogP contribution in [0.2, 0.25) is 0 Å². The third-order valence-electron chi connectivity index (χ3n) is 5.82. The number of amides is 1. The van der Waals surface area contributed by atoms with Crippen LogP contribution in [0.25, 0.3) is 16.8 Å². The van der Waals surface area contributed by atoms with Gasteiger partial charge in [0.15, 0.2) is 0 Å². The summed E-state index contributed by atoms with van der Waals surface area (Å²) in [5.74, 6) is 2.55. The molecule has 3 aromatic carbocycles. The van der Waals surface area contributed by atoms with Gasteiger partial charge in [0.05, 0.1) is 17.8 Å². The molecule has 2 heterocycles. The minimum Gasteiger partial charge on any atom is -0.310 e. The van der Waals surface area contributed by atoms with Gasteiger partial charge in [-0.1, -0.05) is 72.3 Å². The van der Waals surface area contributed by atoms with Crippen molar-refractivity contribution in [3.05, 3.63) is 101 Å². The lowest BCUT2D eigenvalue weighted by Gasteiger charge is -2.13. The van der Waals surface area contributed by atoms with E-state index in [9.17, 15) is 4.79 Å². The van der Waals surface area contributed by atoms with Gasteiger partial charge in [-0.15, -0.1) is 0 Å². The van der Waals surface area contributed by atoms with Gasteiger partial charge in [0.25, 0.3) is 0 Å². The van der Waals surface area contributed by atoms with Crippen molar-refractivity contribution >= 4 is 23.5 Å². The molecule has 1 aliphatic rings. The lowest BCUT2D eigenvalue weighted by molar-refractivity contribution is -0.115. The van der Waals surface area contributed by atoms with Gasteiger partial charge in [0.1, 0.15) is 5.82 Å². The molecule has 0 spiro atoms. The fourth-order valence-corrected chi connectivity index (χ4v) is 5.20. The third kappa shape index (κ3) is 4.08.